The zero-order valence-corrected chi connectivity index (χ0v) is 17.2. The first-order valence-electron chi connectivity index (χ1n) is 10.3. The molecule has 0 amide bonds. The van der Waals surface area contributed by atoms with Crippen LogP contribution in [0.4, 0.5) is 4.39 Å². The molecule has 4 heterocycles. The highest BCUT2D eigenvalue weighted by atomic mass is 19.1. The minimum atomic E-state index is -0.336. The molecule has 32 heavy (non-hydrogen) atoms. The Morgan fingerprint density at radius 3 is 2.88 bits per heavy atom. The molecule has 0 spiro atoms. The maximum Gasteiger partial charge on any atom is 0.227 e. The van der Waals surface area contributed by atoms with Crippen LogP contribution in [0.3, 0.4) is 0 Å². The minimum Gasteiger partial charge on any atom is -0.339 e. The average molecular weight is 427 g/mol. The van der Waals surface area contributed by atoms with Crippen molar-refractivity contribution in [3.8, 4) is 28.6 Å². The highest BCUT2D eigenvalue weighted by Crippen LogP contribution is 2.34. The predicted molar refractivity (Wildman–Crippen MR) is 113 cm³/mol. The van der Waals surface area contributed by atoms with Crippen molar-refractivity contribution < 1.29 is 8.91 Å². The lowest BCUT2D eigenvalue weighted by Crippen LogP contribution is -2.06. The summed E-state index contributed by atoms with van der Waals surface area (Å²) in [6.07, 6.45) is 3.78. The normalized spacial score (nSPS) is 13.2. The molecule has 8 nitrogen and oxygen atoms in total. The zero-order valence-electron chi connectivity index (χ0n) is 17.2. The lowest BCUT2D eigenvalue weighted by atomic mass is 9.98. The number of hydrogen-bond acceptors (Lipinski definition) is 6. The second-order valence-electron chi connectivity index (χ2n) is 7.84. The molecule has 0 radical (unpaired) electrons. The molecule has 6 rings (SSSR count). The van der Waals surface area contributed by atoms with E-state index in [1.165, 1.54) is 24.0 Å². The van der Waals surface area contributed by atoms with Crippen LogP contribution in [0.15, 0.2) is 65.7 Å². The molecule has 5 aromatic rings. The van der Waals surface area contributed by atoms with E-state index in [9.17, 15) is 4.39 Å². The van der Waals surface area contributed by atoms with Gasteiger partial charge in [0.25, 0.3) is 0 Å². The van der Waals surface area contributed by atoms with Crippen molar-refractivity contribution in [2.75, 3.05) is 0 Å². The van der Waals surface area contributed by atoms with Crippen molar-refractivity contribution in [2.45, 2.75) is 25.8 Å². The SMILES string of the molecule is CC(Cc1nc(-c2ncn3c2Cn2ncnc2-c2cc(F)ccc2-3)no1)c1ccccc1. The number of rotatable bonds is 4. The fourth-order valence-electron chi connectivity index (χ4n) is 4.14. The van der Waals surface area contributed by atoms with Gasteiger partial charge in [-0.05, 0) is 29.7 Å². The maximum atomic E-state index is 14.0. The van der Waals surface area contributed by atoms with Crippen molar-refractivity contribution in [1.82, 2.24) is 34.5 Å². The lowest BCUT2D eigenvalue weighted by Gasteiger charge is -2.08. The fourth-order valence-corrected chi connectivity index (χ4v) is 4.14. The van der Waals surface area contributed by atoms with Gasteiger partial charge in [0, 0.05) is 12.0 Å². The number of fused-ring (bicyclic) bond motifs is 5. The Bertz CT molecular complexity index is 1420. The van der Waals surface area contributed by atoms with Crippen molar-refractivity contribution in [2.24, 2.45) is 0 Å². The van der Waals surface area contributed by atoms with Gasteiger partial charge in [0.05, 0.1) is 17.9 Å². The van der Waals surface area contributed by atoms with Gasteiger partial charge < -0.3 is 4.52 Å². The van der Waals surface area contributed by atoms with E-state index in [4.69, 9.17) is 4.52 Å². The Labute approximate surface area is 182 Å². The molecule has 1 atom stereocenters. The van der Waals surface area contributed by atoms with Crippen molar-refractivity contribution in [1.29, 1.82) is 0 Å². The molecule has 0 bridgehead atoms. The Morgan fingerprint density at radius 2 is 2.00 bits per heavy atom. The van der Waals surface area contributed by atoms with Crippen LogP contribution in [0, 0.1) is 5.82 Å². The maximum absolute atomic E-state index is 14.0. The van der Waals surface area contributed by atoms with Crippen LogP contribution >= 0.6 is 0 Å². The van der Waals surface area contributed by atoms with E-state index in [2.05, 4.69) is 44.3 Å². The average Bonchev–Trinajstić information content (AvgIpc) is 3.54. The van der Waals surface area contributed by atoms with Gasteiger partial charge >= 0.3 is 0 Å². The van der Waals surface area contributed by atoms with Gasteiger partial charge in [-0.2, -0.15) is 10.1 Å². The van der Waals surface area contributed by atoms with E-state index in [-0.39, 0.29) is 11.7 Å². The van der Waals surface area contributed by atoms with Crippen LogP contribution < -0.4 is 0 Å². The van der Waals surface area contributed by atoms with Crippen molar-refractivity contribution >= 4 is 0 Å². The highest BCUT2D eigenvalue weighted by molar-refractivity contribution is 5.70. The first-order valence-corrected chi connectivity index (χ1v) is 10.3. The Hall–Kier alpha value is -4.14. The van der Waals surface area contributed by atoms with E-state index in [1.54, 1.807) is 17.1 Å². The summed E-state index contributed by atoms with van der Waals surface area (Å²) in [5, 5.41) is 8.51. The van der Waals surface area contributed by atoms with Gasteiger partial charge in [0.1, 0.15) is 24.2 Å². The second-order valence-corrected chi connectivity index (χ2v) is 7.84. The minimum absolute atomic E-state index is 0.239. The summed E-state index contributed by atoms with van der Waals surface area (Å²) < 4.78 is 23.2. The smallest absolute Gasteiger partial charge is 0.227 e. The summed E-state index contributed by atoms with van der Waals surface area (Å²) in [5.74, 6) is 1.47. The molecule has 0 aliphatic carbocycles. The Balaban J connectivity index is 1.38. The van der Waals surface area contributed by atoms with E-state index < -0.39 is 0 Å². The first kappa shape index (κ1) is 18.6. The Kier molecular flexibility index (Phi) is 4.20. The van der Waals surface area contributed by atoms with E-state index >= 15 is 0 Å². The van der Waals surface area contributed by atoms with Crippen LogP contribution in [0.25, 0.3) is 28.6 Å². The van der Waals surface area contributed by atoms with Crippen LogP contribution in [-0.2, 0) is 13.0 Å². The molecular weight excluding hydrogens is 409 g/mol. The molecule has 158 valence electrons. The fraction of sp³-hybridized carbons (Fsp3) is 0.174. The van der Waals surface area contributed by atoms with Crippen LogP contribution in [-0.4, -0.2) is 34.5 Å². The first-order chi connectivity index (χ1) is 15.7. The van der Waals surface area contributed by atoms with Gasteiger partial charge in [0.15, 0.2) is 5.82 Å². The number of aromatic nitrogens is 7. The van der Waals surface area contributed by atoms with Gasteiger partial charge in [0.2, 0.25) is 11.7 Å². The quantitative estimate of drug-likeness (QED) is 0.422. The van der Waals surface area contributed by atoms with Gasteiger partial charge in [-0.1, -0.05) is 42.4 Å². The monoisotopic (exact) mass is 427 g/mol. The van der Waals surface area contributed by atoms with Gasteiger partial charge in [-0.25, -0.2) is 19.0 Å². The molecule has 3 aromatic heterocycles. The van der Waals surface area contributed by atoms with Crippen LogP contribution in [0.2, 0.25) is 0 Å². The van der Waals surface area contributed by atoms with Gasteiger partial charge in [-0.3, -0.25) is 4.57 Å². The summed E-state index contributed by atoms with van der Waals surface area (Å²) in [4.78, 5) is 13.5. The summed E-state index contributed by atoms with van der Waals surface area (Å²) in [7, 11) is 0. The molecular formula is C23H18FN7O. The second kappa shape index (κ2) is 7.23. The summed E-state index contributed by atoms with van der Waals surface area (Å²) in [5.41, 5.74) is 4.06. The number of benzene rings is 2. The summed E-state index contributed by atoms with van der Waals surface area (Å²) in [6, 6.07) is 14.8. The third kappa shape index (κ3) is 3.01. The number of imidazole rings is 1. The van der Waals surface area contributed by atoms with Crippen LogP contribution in [0.1, 0.15) is 30.0 Å². The van der Waals surface area contributed by atoms with E-state index in [0.717, 1.165) is 11.4 Å². The molecule has 0 N–H and O–H groups in total. The van der Waals surface area contributed by atoms with E-state index in [1.807, 2.05) is 22.8 Å². The summed E-state index contributed by atoms with van der Waals surface area (Å²) in [6.45, 7) is 2.52. The van der Waals surface area contributed by atoms with Gasteiger partial charge in [-0.15, -0.1) is 0 Å². The molecule has 1 aliphatic heterocycles. The standard InChI is InChI=1S/C23H18FN7O/c1-14(15-5-3-2-4-6-15)9-20-28-22(29-32-20)21-19-11-31-23(25-12-27-31)17-10-16(24)7-8-18(17)30(19)13-26-21/h2-8,10,12-14H,9,11H2,1H3. The summed E-state index contributed by atoms with van der Waals surface area (Å²) >= 11 is 0. The molecule has 0 fully saturated rings. The highest BCUT2D eigenvalue weighted by Gasteiger charge is 2.26. The van der Waals surface area contributed by atoms with Crippen molar-refractivity contribution in [3.63, 3.8) is 0 Å². The van der Waals surface area contributed by atoms with E-state index in [0.29, 0.717) is 41.8 Å². The molecule has 0 saturated carbocycles. The predicted octanol–water partition coefficient (Wildman–Crippen LogP) is 4.03. The van der Waals surface area contributed by atoms with Crippen molar-refractivity contribution in [3.05, 3.63) is 84.2 Å². The molecule has 2 aromatic carbocycles. The largest absolute Gasteiger partial charge is 0.339 e. The number of nitrogens with zero attached hydrogens (tertiary/aromatic N) is 7. The Morgan fingerprint density at radius 1 is 1.12 bits per heavy atom. The molecule has 1 aliphatic rings. The number of hydrogen-bond donors (Lipinski definition) is 0. The zero-order chi connectivity index (χ0) is 21.7. The third-order valence-corrected chi connectivity index (χ3v) is 5.77. The topological polar surface area (TPSA) is 87.5 Å². The number of halogens is 1. The molecule has 0 saturated heterocycles. The molecule has 1 unspecified atom stereocenters. The third-order valence-electron chi connectivity index (χ3n) is 5.77. The van der Waals surface area contributed by atoms with Crippen LogP contribution in [0.5, 0.6) is 0 Å². The molecule has 9 heteroatoms. The lowest BCUT2D eigenvalue weighted by molar-refractivity contribution is 0.372.